The van der Waals surface area contributed by atoms with Crippen LogP contribution in [-0.4, -0.2) is 39.5 Å². The first-order chi connectivity index (χ1) is 13.0. The van der Waals surface area contributed by atoms with E-state index in [1.54, 1.807) is 20.8 Å². The van der Waals surface area contributed by atoms with Crippen molar-refractivity contribution in [2.24, 2.45) is 5.73 Å². The van der Waals surface area contributed by atoms with E-state index in [-0.39, 0.29) is 29.1 Å². The van der Waals surface area contributed by atoms with Gasteiger partial charge in [0.2, 0.25) is 0 Å². The van der Waals surface area contributed by atoms with Crippen LogP contribution in [0.15, 0.2) is 18.2 Å². The maximum atomic E-state index is 12.6. The third-order valence-electron chi connectivity index (χ3n) is 3.37. The zero-order valence-corrected chi connectivity index (χ0v) is 16.3. The van der Waals surface area contributed by atoms with E-state index in [1.165, 1.54) is 18.2 Å². The summed E-state index contributed by atoms with van der Waals surface area (Å²) in [6.07, 6.45) is -0.0862. The molecule has 10 nitrogen and oxygen atoms in total. The molecule has 11 heteroatoms. The van der Waals surface area contributed by atoms with Gasteiger partial charge in [-0.1, -0.05) is 0 Å². The number of rotatable bonds is 5. The number of anilines is 1. The number of hydrogen-bond donors (Lipinski definition) is 3. The van der Waals surface area contributed by atoms with Crippen LogP contribution in [0.1, 0.15) is 54.3 Å². The lowest BCUT2D eigenvalue weighted by Gasteiger charge is -2.21. The van der Waals surface area contributed by atoms with Gasteiger partial charge in [0.1, 0.15) is 5.60 Å². The van der Waals surface area contributed by atoms with E-state index in [0.29, 0.717) is 10.8 Å². The highest BCUT2D eigenvalue weighted by atomic mass is 32.1. The average Bonchev–Trinajstić information content (AvgIpc) is 2.90. The number of thiocarbonyl (C=S) groups is 1. The highest BCUT2D eigenvalue weighted by molar-refractivity contribution is 7.80. The van der Waals surface area contributed by atoms with Crippen LogP contribution >= 0.6 is 12.2 Å². The first-order valence-corrected chi connectivity index (χ1v) is 8.65. The molecule has 1 saturated heterocycles. The first-order valence-electron chi connectivity index (χ1n) is 8.25. The number of hydroxylamine groups is 2. The zero-order chi connectivity index (χ0) is 21.1. The highest BCUT2D eigenvalue weighted by Gasteiger charge is 2.34. The molecule has 0 radical (unpaired) electrons. The van der Waals surface area contributed by atoms with E-state index in [2.05, 4.69) is 23.1 Å². The quantitative estimate of drug-likeness (QED) is 0.280. The van der Waals surface area contributed by atoms with Gasteiger partial charge < -0.3 is 15.3 Å². The molecule has 2 amide bonds. The van der Waals surface area contributed by atoms with Gasteiger partial charge in [0, 0.05) is 12.8 Å². The lowest BCUT2D eigenvalue weighted by molar-refractivity contribution is -0.172. The predicted octanol–water partition coefficient (Wildman–Crippen LogP) is 1.02. The fraction of sp³-hybridized carbons (Fsp3) is 0.353. The van der Waals surface area contributed by atoms with Crippen LogP contribution < -0.4 is 16.6 Å². The summed E-state index contributed by atoms with van der Waals surface area (Å²) in [7, 11) is 0. The minimum absolute atomic E-state index is 0.0339. The maximum absolute atomic E-state index is 12.6. The largest absolute Gasteiger partial charge is 0.456 e. The van der Waals surface area contributed by atoms with Gasteiger partial charge in [0.25, 0.3) is 11.8 Å². The molecule has 1 aliphatic heterocycles. The third-order valence-corrected chi connectivity index (χ3v) is 3.47. The van der Waals surface area contributed by atoms with Gasteiger partial charge in [-0.25, -0.2) is 9.59 Å². The second kappa shape index (κ2) is 8.21. The molecule has 1 fully saturated rings. The Morgan fingerprint density at radius 3 is 2.25 bits per heavy atom. The molecule has 0 bridgehead atoms. The Morgan fingerprint density at radius 1 is 1.11 bits per heavy atom. The molecule has 2 rings (SSSR count). The fourth-order valence-electron chi connectivity index (χ4n) is 2.23. The van der Waals surface area contributed by atoms with Crippen molar-refractivity contribution in [2.45, 2.75) is 39.2 Å². The molecule has 0 aliphatic carbocycles. The Morgan fingerprint density at radius 2 is 1.71 bits per heavy atom. The summed E-state index contributed by atoms with van der Waals surface area (Å²) < 4.78 is 5.31. The van der Waals surface area contributed by atoms with Crippen LogP contribution in [0.5, 0.6) is 0 Å². The normalized spacial score (nSPS) is 13.9. The molecule has 150 valence electrons. The van der Waals surface area contributed by atoms with Crippen molar-refractivity contribution in [1.82, 2.24) is 10.5 Å². The van der Waals surface area contributed by atoms with Crippen molar-refractivity contribution in [3.05, 3.63) is 29.3 Å². The highest BCUT2D eigenvalue weighted by Crippen LogP contribution is 2.22. The van der Waals surface area contributed by atoms with E-state index in [9.17, 15) is 19.2 Å². The number of ether oxygens (including phenoxy) is 1. The van der Waals surface area contributed by atoms with Gasteiger partial charge in [-0.15, -0.1) is 5.06 Å². The van der Waals surface area contributed by atoms with Gasteiger partial charge in [0.15, 0.2) is 5.11 Å². The molecule has 1 aromatic carbocycles. The molecule has 0 spiro atoms. The molecule has 4 N–H and O–H groups in total. The van der Waals surface area contributed by atoms with Crippen LogP contribution in [0, 0.1) is 0 Å². The minimum Gasteiger partial charge on any atom is -0.456 e. The number of nitrogens with zero attached hydrogens (tertiary/aromatic N) is 1. The van der Waals surface area contributed by atoms with Gasteiger partial charge >= 0.3 is 11.9 Å². The van der Waals surface area contributed by atoms with Crippen molar-refractivity contribution in [1.29, 1.82) is 0 Å². The Labute approximate surface area is 166 Å². The zero-order valence-electron chi connectivity index (χ0n) is 15.5. The van der Waals surface area contributed by atoms with Gasteiger partial charge in [-0.2, -0.15) is 0 Å². The number of nitrogens with one attached hydrogen (secondary N) is 2. The van der Waals surface area contributed by atoms with Gasteiger partial charge in [-0.05, 0) is 51.2 Å². The van der Waals surface area contributed by atoms with Crippen LogP contribution in [0.25, 0.3) is 0 Å². The van der Waals surface area contributed by atoms with Crippen molar-refractivity contribution in [2.75, 3.05) is 5.43 Å². The first kappa shape index (κ1) is 21.1. The summed E-state index contributed by atoms with van der Waals surface area (Å²) >= 11 is 4.69. The standard InChI is InChI=1S/C17H20N4O6S/c1-17(2,3)26-14(24)11-8-9(19-20-16(18)28)4-5-10(11)15(25)27-21-12(22)6-7-13(21)23/h4-5,8,19H,6-7H2,1-3H3,(H3,18,20,28). The van der Waals surface area contributed by atoms with E-state index >= 15 is 0 Å². The fourth-order valence-corrected chi connectivity index (χ4v) is 2.28. The summed E-state index contributed by atoms with van der Waals surface area (Å²) in [5.74, 6) is -3.09. The van der Waals surface area contributed by atoms with E-state index in [0.717, 1.165) is 0 Å². The summed E-state index contributed by atoms with van der Waals surface area (Å²) in [6, 6.07) is 4.06. The van der Waals surface area contributed by atoms with Crippen molar-refractivity contribution in [3.8, 4) is 0 Å². The second-order valence-electron chi connectivity index (χ2n) is 6.84. The molecular formula is C17H20N4O6S. The topological polar surface area (TPSA) is 140 Å². The molecule has 1 aliphatic rings. The van der Waals surface area contributed by atoms with E-state index < -0.39 is 29.4 Å². The summed E-state index contributed by atoms with van der Waals surface area (Å²) in [5.41, 5.74) is 9.72. The summed E-state index contributed by atoms with van der Waals surface area (Å²) in [6.45, 7) is 5.00. The minimum atomic E-state index is -1.04. The number of nitrogens with two attached hydrogens (primary N) is 1. The Hall–Kier alpha value is -3.21. The van der Waals surface area contributed by atoms with Crippen molar-refractivity contribution in [3.63, 3.8) is 0 Å². The molecule has 1 heterocycles. The monoisotopic (exact) mass is 408 g/mol. The molecule has 0 saturated carbocycles. The Balaban J connectivity index is 2.33. The Kier molecular flexibility index (Phi) is 6.19. The SMILES string of the molecule is CC(C)(C)OC(=O)c1cc(NNC(N)=S)ccc1C(=O)ON1C(=O)CCC1=O. The lowest BCUT2D eigenvalue weighted by Crippen LogP contribution is -2.34. The van der Waals surface area contributed by atoms with Crippen LogP contribution in [0.2, 0.25) is 0 Å². The predicted molar refractivity (Wildman–Crippen MR) is 102 cm³/mol. The molecular weight excluding hydrogens is 388 g/mol. The van der Waals surface area contributed by atoms with Crippen LogP contribution in [0.3, 0.4) is 0 Å². The van der Waals surface area contributed by atoms with Crippen molar-refractivity contribution < 1.29 is 28.8 Å². The smallest absolute Gasteiger partial charge is 0.364 e. The number of hydrazine groups is 1. The summed E-state index contributed by atoms with van der Waals surface area (Å²) in [4.78, 5) is 53.3. The molecule has 0 atom stereocenters. The Bertz CT molecular complexity index is 833. The number of amides is 2. The van der Waals surface area contributed by atoms with Crippen LogP contribution in [-0.2, 0) is 19.2 Å². The van der Waals surface area contributed by atoms with Gasteiger partial charge in [-0.3, -0.25) is 20.4 Å². The van der Waals surface area contributed by atoms with E-state index in [4.69, 9.17) is 15.3 Å². The number of benzene rings is 1. The maximum Gasteiger partial charge on any atom is 0.364 e. The lowest BCUT2D eigenvalue weighted by atomic mass is 10.1. The number of carbonyl (C=O) groups is 4. The second-order valence-corrected chi connectivity index (χ2v) is 7.28. The van der Waals surface area contributed by atoms with E-state index in [1.807, 2.05) is 0 Å². The van der Waals surface area contributed by atoms with Crippen LogP contribution in [0.4, 0.5) is 5.69 Å². The molecule has 0 unspecified atom stereocenters. The number of imide groups is 1. The number of carbonyl (C=O) groups excluding carboxylic acids is 4. The summed E-state index contributed by atoms with van der Waals surface area (Å²) in [5, 5.41) is 0.371. The number of hydrogen-bond acceptors (Lipinski definition) is 8. The number of esters is 1. The van der Waals surface area contributed by atoms with Gasteiger partial charge in [0.05, 0.1) is 16.8 Å². The van der Waals surface area contributed by atoms with Crippen molar-refractivity contribution >= 4 is 46.8 Å². The third kappa shape index (κ3) is 5.39. The molecule has 28 heavy (non-hydrogen) atoms. The average molecular weight is 408 g/mol. The molecule has 1 aromatic rings. The molecule has 0 aromatic heterocycles.